The van der Waals surface area contributed by atoms with E-state index in [0.717, 1.165) is 0 Å². The van der Waals surface area contributed by atoms with Crippen molar-refractivity contribution in [2.45, 2.75) is 38.5 Å². The van der Waals surface area contributed by atoms with Crippen LogP contribution in [-0.2, 0) is 20.7 Å². The second kappa shape index (κ2) is 8.80. The second-order valence-electron chi connectivity index (χ2n) is 5.14. The molecule has 1 aromatic carbocycles. The normalized spacial score (nSPS) is 13.8. The van der Waals surface area contributed by atoms with Gasteiger partial charge in [-0.25, -0.2) is 9.18 Å². The average Bonchev–Trinajstić information content (AvgIpc) is 2.54. The van der Waals surface area contributed by atoms with Gasteiger partial charge in [-0.3, -0.25) is 10.1 Å². The Kier molecular flexibility index (Phi) is 7.35. The maximum absolute atomic E-state index is 13.6. The van der Waals surface area contributed by atoms with Gasteiger partial charge in [-0.1, -0.05) is 25.1 Å². The van der Waals surface area contributed by atoms with E-state index >= 15 is 0 Å². The molecule has 1 aromatic rings. The van der Waals surface area contributed by atoms with Crippen LogP contribution in [0.5, 0.6) is 0 Å². The van der Waals surface area contributed by atoms with Crippen LogP contribution in [0.1, 0.15) is 25.8 Å². The molecular weight excluding hydrogens is 344 g/mol. The monoisotopic (exact) mass is 364 g/mol. The van der Waals surface area contributed by atoms with Crippen molar-refractivity contribution in [1.29, 1.82) is 0 Å². The van der Waals surface area contributed by atoms with E-state index in [0.29, 0.717) is 0 Å². The minimum absolute atomic E-state index is 0.119. The number of esters is 1. The highest BCUT2D eigenvalue weighted by atomic mass is 19.4. The number of amides is 1. The van der Waals surface area contributed by atoms with Crippen molar-refractivity contribution >= 4 is 11.9 Å². The van der Waals surface area contributed by atoms with E-state index in [4.69, 9.17) is 0 Å². The van der Waals surface area contributed by atoms with Crippen molar-refractivity contribution in [2.24, 2.45) is 0 Å². The summed E-state index contributed by atoms with van der Waals surface area (Å²) >= 11 is 0. The SMILES string of the molecule is CCOC(=O)[C@@](NCCc1ccccc1F)(NC(=O)CC)C(F)(F)F. The largest absolute Gasteiger partial charge is 0.463 e. The molecule has 0 saturated carbocycles. The topological polar surface area (TPSA) is 67.4 Å². The van der Waals surface area contributed by atoms with E-state index in [-0.39, 0.29) is 25.0 Å². The second-order valence-corrected chi connectivity index (χ2v) is 5.14. The molecule has 2 N–H and O–H groups in total. The van der Waals surface area contributed by atoms with Crippen molar-refractivity contribution in [2.75, 3.05) is 13.2 Å². The minimum atomic E-state index is -5.15. The standard InChI is InChI=1S/C16H20F4N2O3/c1-3-13(23)22-15(16(18,19)20,14(24)25-4-2)21-10-9-11-7-5-6-8-12(11)17/h5-8,21H,3-4,9-10H2,1-2H3,(H,22,23)/t15-/m1/s1. The van der Waals surface area contributed by atoms with Gasteiger partial charge in [0.05, 0.1) is 6.61 Å². The molecule has 9 heteroatoms. The van der Waals surface area contributed by atoms with Crippen LogP contribution >= 0.6 is 0 Å². The maximum atomic E-state index is 13.6. The van der Waals surface area contributed by atoms with Crippen molar-refractivity contribution < 1.29 is 31.9 Å². The molecule has 0 unspecified atom stereocenters. The summed E-state index contributed by atoms with van der Waals surface area (Å²) in [6.07, 6.45) is -5.53. The molecule has 0 aliphatic heterocycles. The van der Waals surface area contributed by atoms with Gasteiger partial charge < -0.3 is 10.1 Å². The van der Waals surface area contributed by atoms with Crippen LogP contribution in [0.25, 0.3) is 0 Å². The highest BCUT2D eigenvalue weighted by Gasteiger charge is 2.62. The van der Waals surface area contributed by atoms with Gasteiger partial charge in [0.1, 0.15) is 5.82 Å². The predicted molar refractivity (Wildman–Crippen MR) is 82.0 cm³/mol. The summed E-state index contributed by atoms with van der Waals surface area (Å²) in [6, 6.07) is 5.59. The lowest BCUT2D eigenvalue weighted by atomic mass is 10.1. The number of benzene rings is 1. The van der Waals surface area contributed by atoms with Gasteiger partial charge in [-0.05, 0) is 25.0 Å². The predicted octanol–water partition coefficient (Wildman–Crippen LogP) is 2.31. The molecule has 1 rings (SSSR count). The maximum Gasteiger partial charge on any atom is 0.436 e. The average molecular weight is 364 g/mol. The fourth-order valence-electron chi connectivity index (χ4n) is 2.08. The van der Waals surface area contributed by atoms with E-state index in [1.807, 2.05) is 5.32 Å². The first-order valence-electron chi connectivity index (χ1n) is 7.71. The Hall–Kier alpha value is -2.16. The number of halogens is 4. The fraction of sp³-hybridized carbons (Fsp3) is 0.500. The summed E-state index contributed by atoms with van der Waals surface area (Å²) in [5.74, 6) is -3.22. The van der Waals surface area contributed by atoms with Crippen molar-refractivity contribution in [3.8, 4) is 0 Å². The number of rotatable bonds is 8. The van der Waals surface area contributed by atoms with Gasteiger partial charge in [0.2, 0.25) is 5.91 Å². The van der Waals surface area contributed by atoms with Crippen LogP contribution in [0, 0.1) is 5.82 Å². The van der Waals surface area contributed by atoms with Gasteiger partial charge in [0, 0.05) is 13.0 Å². The lowest BCUT2D eigenvalue weighted by Crippen LogP contribution is -2.73. The van der Waals surface area contributed by atoms with Gasteiger partial charge >= 0.3 is 12.1 Å². The van der Waals surface area contributed by atoms with Gasteiger partial charge in [0.15, 0.2) is 0 Å². The fourth-order valence-corrected chi connectivity index (χ4v) is 2.08. The van der Waals surface area contributed by atoms with Gasteiger partial charge in [0.25, 0.3) is 5.66 Å². The Morgan fingerprint density at radius 1 is 1.16 bits per heavy atom. The molecule has 0 aliphatic carbocycles. The molecule has 0 bridgehead atoms. The third-order valence-corrected chi connectivity index (χ3v) is 3.40. The van der Waals surface area contributed by atoms with E-state index < -0.39 is 36.1 Å². The minimum Gasteiger partial charge on any atom is -0.463 e. The third kappa shape index (κ3) is 5.15. The quantitative estimate of drug-likeness (QED) is 0.422. The first kappa shape index (κ1) is 20.9. The number of hydrogen-bond acceptors (Lipinski definition) is 4. The van der Waals surface area contributed by atoms with E-state index in [1.165, 1.54) is 32.0 Å². The number of alkyl halides is 3. The summed E-state index contributed by atoms with van der Waals surface area (Å²) in [4.78, 5) is 23.5. The molecule has 5 nitrogen and oxygen atoms in total. The van der Waals surface area contributed by atoms with Gasteiger partial charge in [-0.2, -0.15) is 13.2 Å². The zero-order valence-electron chi connectivity index (χ0n) is 13.9. The smallest absolute Gasteiger partial charge is 0.436 e. The molecule has 0 fully saturated rings. The summed E-state index contributed by atoms with van der Waals surface area (Å²) in [5.41, 5.74) is -3.21. The van der Waals surface area contributed by atoms with Crippen LogP contribution in [0.2, 0.25) is 0 Å². The Morgan fingerprint density at radius 2 is 1.80 bits per heavy atom. The van der Waals surface area contributed by atoms with Crippen molar-refractivity contribution in [3.63, 3.8) is 0 Å². The first-order chi connectivity index (χ1) is 11.7. The van der Waals surface area contributed by atoms with Crippen LogP contribution in [-0.4, -0.2) is 36.9 Å². The first-order valence-corrected chi connectivity index (χ1v) is 7.71. The Bertz CT molecular complexity index is 607. The van der Waals surface area contributed by atoms with Crippen LogP contribution in [0.3, 0.4) is 0 Å². The Labute approximate surface area is 142 Å². The molecule has 0 saturated heterocycles. The molecule has 0 radical (unpaired) electrons. The molecule has 0 heterocycles. The zero-order valence-corrected chi connectivity index (χ0v) is 13.9. The molecule has 1 atom stereocenters. The van der Waals surface area contributed by atoms with Crippen molar-refractivity contribution in [3.05, 3.63) is 35.6 Å². The van der Waals surface area contributed by atoms with E-state index in [2.05, 4.69) is 4.74 Å². The number of carbonyl (C=O) groups is 2. The number of hydrogen-bond donors (Lipinski definition) is 2. The molecule has 140 valence electrons. The molecule has 0 spiro atoms. The molecular formula is C16H20F4N2O3. The highest BCUT2D eigenvalue weighted by Crippen LogP contribution is 2.30. The van der Waals surface area contributed by atoms with Crippen LogP contribution < -0.4 is 10.6 Å². The number of nitrogens with one attached hydrogen (secondary N) is 2. The summed E-state index contributed by atoms with van der Waals surface area (Å²) < 4.78 is 58.9. The van der Waals surface area contributed by atoms with E-state index in [1.54, 1.807) is 11.4 Å². The molecule has 1 amide bonds. The Balaban J connectivity index is 3.05. The molecule has 25 heavy (non-hydrogen) atoms. The van der Waals surface area contributed by atoms with Crippen LogP contribution in [0.4, 0.5) is 17.6 Å². The lowest BCUT2D eigenvalue weighted by Gasteiger charge is -2.34. The summed E-state index contributed by atoms with van der Waals surface area (Å²) in [5, 5.41) is 3.66. The van der Waals surface area contributed by atoms with Crippen molar-refractivity contribution in [1.82, 2.24) is 10.6 Å². The number of carbonyl (C=O) groups excluding carboxylic acids is 2. The zero-order chi connectivity index (χ0) is 19.1. The molecule has 0 aliphatic rings. The lowest BCUT2D eigenvalue weighted by molar-refractivity contribution is -0.221. The summed E-state index contributed by atoms with van der Waals surface area (Å²) in [6.45, 7) is 1.98. The summed E-state index contributed by atoms with van der Waals surface area (Å²) in [7, 11) is 0. The third-order valence-electron chi connectivity index (χ3n) is 3.40. The van der Waals surface area contributed by atoms with Gasteiger partial charge in [-0.15, -0.1) is 0 Å². The Morgan fingerprint density at radius 3 is 2.32 bits per heavy atom. The van der Waals surface area contributed by atoms with Crippen LogP contribution in [0.15, 0.2) is 24.3 Å². The molecule has 0 aromatic heterocycles. The van der Waals surface area contributed by atoms with E-state index in [9.17, 15) is 27.2 Å². The highest BCUT2D eigenvalue weighted by molar-refractivity contribution is 5.88. The number of ether oxygens (including phenoxy) is 1.